The van der Waals surface area contributed by atoms with Gasteiger partial charge in [0.1, 0.15) is 5.03 Å². The minimum absolute atomic E-state index is 0.439. The van der Waals surface area contributed by atoms with Gasteiger partial charge >= 0.3 is 0 Å². The second kappa shape index (κ2) is 7.75. The molecule has 0 aliphatic rings. The highest BCUT2D eigenvalue weighted by atomic mass is 32.2. The first kappa shape index (κ1) is 14.6. The molecule has 0 saturated carbocycles. The first-order valence-electron chi connectivity index (χ1n) is 5.75. The molecule has 0 aliphatic carbocycles. The fraction of sp³-hybridized carbons (Fsp3) is 0.545. The molecular formula is C11H18N4O2S. The van der Waals surface area contributed by atoms with E-state index in [0.717, 1.165) is 43.4 Å². The zero-order valence-electron chi connectivity index (χ0n) is 10.6. The van der Waals surface area contributed by atoms with Crippen LogP contribution >= 0.6 is 11.8 Å². The molecule has 1 rings (SSSR count). The van der Waals surface area contributed by atoms with Crippen LogP contribution in [0, 0.1) is 17.0 Å². The van der Waals surface area contributed by atoms with E-state index in [0.29, 0.717) is 5.03 Å². The highest BCUT2D eigenvalue weighted by molar-refractivity contribution is 8.02. The smallest absolute Gasteiger partial charge is 0.263 e. The van der Waals surface area contributed by atoms with E-state index in [4.69, 9.17) is 0 Å². The third-order valence-electron chi connectivity index (χ3n) is 2.52. The lowest BCUT2D eigenvalue weighted by Crippen LogP contribution is -2.14. The standard InChI is InChI=1S/C11H18N4O2S/c1-9-10(14-8-13-9)5-3-4-6-12-11(18-2)7-15(16)17/h7-8,12H,3-6H2,1-2H3,(H,13,14). The molecule has 0 aromatic carbocycles. The Bertz CT molecular complexity index is 417. The fourth-order valence-electron chi connectivity index (χ4n) is 1.53. The molecule has 0 aliphatic heterocycles. The summed E-state index contributed by atoms with van der Waals surface area (Å²) in [6.07, 6.45) is 7.43. The average molecular weight is 270 g/mol. The summed E-state index contributed by atoms with van der Waals surface area (Å²) in [4.78, 5) is 17.1. The quantitative estimate of drug-likeness (QED) is 0.429. The van der Waals surface area contributed by atoms with E-state index >= 15 is 0 Å². The van der Waals surface area contributed by atoms with Gasteiger partial charge < -0.3 is 10.3 Å². The molecule has 1 aromatic heterocycles. The maximum Gasteiger partial charge on any atom is 0.263 e. The maximum atomic E-state index is 10.3. The molecule has 2 N–H and O–H groups in total. The van der Waals surface area contributed by atoms with Gasteiger partial charge in [0.25, 0.3) is 6.20 Å². The summed E-state index contributed by atoms with van der Waals surface area (Å²) in [5.74, 6) is 0. The van der Waals surface area contributed by atoms with E-state index in [1.54, 1.807) is 6.33 Å². The summed E-state index contributed by atoms with van der Waals surface area (Å²) in [7, 11) is 0. The number of aromatic nitrogens is 2. The summed E-state index contributed by atoms with van der Waals surface area (Å²) in [5, 5.41) is 14.0. The van der Waals surface area contributed by atoms with Crippen molar-refractivity contribution in [1.82, 2.24) is 15.3 Å². The summed E-state index contributed by atoms with van der Waals surface area (Å²) in [5.41, 5.74) is 2.21. The van der Waals surface area contributed by atoms with E-state index < -0.39 is 4.92 Å². The molecular weight excluding hydrogens is 252 g/mol. The molecule has 1 heterocycles. The Hall–Kier alpha value is -1.50. The minimum atomic E-state index is -0.439. The zero-order valence-corrected chi connectivity index (χ0v) is 11.4. The number of aryl methyl sites for hydroxylation is 2. The van der Waals surface area contributed by atoms with Crippen molar-refractivity contribution in [2.24, 2.45) is 0 Å². The second-order valence-electron chi connectivity index (χ2n) is 3.84. The second-order valence-corrected chi connectivity index (χ2v) is 4.69. The first-order chi connectivity index (χ1) is 8.63. The lowest BCUT2D eigenvalue weighted by atomic mass is 10.1. The lowest BCUT2D eigenvalue weighted by molar-refractivity contribution is -0.403. The normalized spacial score (nSPS) is 11.6. The molecule has 100 valence electrons. The van der Waals surface area contributed by atoms with Crippen molar-refractivity contribution in [3.63, 3.8) is 0 Å². The van der Waals surface area contributed by atoms with Crippen molar-refractivity contribution >= 4 is 11.8 Å². The summed E-state index contributed by atoms with van der Waals surface area (Å²) < 4.78 is 0. The van der Waals surface area contributed by atoms with Gasteiger partial charge in [-0.05, 0) is 32.4 Å². The molecule has 0 unspecified atom stereocenters. The Labute approximate surface area is 110 Å². The molecule has 6 nitrogen and oxygen atoms in total. The largest absolute Gasteiger partial charge is 0.375 e. The molecule has 0 bridgehead atoms. The molecule has 7 heteroatoms. The van der Waals surface area contributed by atoms with Crippen molar-refractivity contribution in [1.29, 1.82) is 0 Å². The van der Waals surface area contributed by atoms with Crippen LogP contribution in [0.15, 0.2) is 17.6 Å². The highest BCUT2D eigenvalue weighted by Crippen LogP contribution is 2.08. The average Bonchev–Trinajstić information content (AvgIpc) is 2.72. The van der Waals surface area contributed by atoms with Crippen LogP contribution in [0.25, 0.3) is 0 Å². The van der Waals surface area contributed by atoms with Crippen LogP contribution in [-0.2, 0) is 6.42 Å². The van der Waals surface area contributed by atoms with Crippen molar-refractivity contribution < 1.29 is 4.92 Å². The summed E-state index contributed by atoms with van der Waals surface area (Å²) in [6, 6.07) is 0. The number of aromatic amines is 1. The van der Waals surface area contributed by atoms with Gasteiger partial charge in [-0.15, -0.1) is 11.8 Å². The number of nitro groups is 1. The first-order valence-corrected chi connectivity index (χ1v) is 6.98. The monoisotopic (exact) mass is 270 g/mol. The van der Waals surface area contributed by atoms with Crippen molar-refractivity contribution in [3.8, 4) is 0 Å². The number of nitrogens with zero attached hydrogens (tertiary/aromatic N) is 2. The Morgan fingerprint density at radius 1 is 1.67 bits per heavy atom. The van der Waals surface area contributed by atoms with Crippen LogP contribution in [0.5, 0.6) is 0 Å². The van der Waals surface area contributed by atoms with Gasteiger partial charge in [-0.2, -0.15) is 0 Å². The van der Waals surface area contributed by atoms with Gasteiger partial charge in [-0.3, -0.25) is 10.1 Å². The Morgan fingerprint density at radius 3 is 3.00 bits per heavy atom. The van der Waals surface area contributed by atoms with E-state index in [1.165, 1.54) is 11.8 Å². The molecule has 0 saturated heterocycles. The minimum Gasteiger partial charge on any atom is -0.375 e. The zero-order chi connectivity index (χ0) is 13.4. The van der Waals surface area contributed by atoms with Crippen LogP contribution in [0.4, 0.5) is 0 Å². The Balaban J connectivity index is 2.19. The predicted octanol–water partition coefficient (Wildman–Crippen LogP) is 2.07. The summed E-state index contributed by atoms with van der Waals surface area (Å²) >= 11 is 1.35. The fourth-order valence-corrected chi connectivity index (χ4v) is 1.97. The molecule has 0 spiro atoms. The number of rotatable bonds is 8. The number of H-pyrrole nitrogens is 1. The van der Waals surface area contributed by atoms with Crippen LogP contribution in [0.2, 0.25) is 0 Å². The molecule has 0 radical (unpaired) electrons. The molecule has 0 fully saturated rings. The van der Waals surface area contributed by atoms with Crippen molar-refractivity contribution in [2.75, 3.05) is 12.8 Å². The number of hydrogen-bond acceptors (Lipinski definition) is 5. The Kier molecular flexibility index (Phi) is 6.27. The predicted molar refractivity (Wildman–Crippen MR) is 72.9 cm³/mol. The number of nitrogens with one attached hydrogen (secondary N) is 2. The number of unbranched alkanes of at least 4 members (excludes halogenated alkanes) is 1. The van der Waals surface area contributed by atoms with E-state index in [1.807, 2.05) is 13.2 Å². The van der Waals surface area contributed by atoms with Crippen LogP contribution in [0.3, 0.4) is 0 Å². The molecule has 0 amide bonds. The van der Waals surface area contributed by atoms with Gasteiger partial charge in [0, 0.05) is 12.2 Å². The number of imidazole rings is 1. The van der Waals surface area contributed by atoms with Gasteiger partial charge in [-0.1, -0.05) is 0 Å². The molecule has 1 aromatic rings. The third-order valence-corrected chi connectivity index (χ3v) is 3.21. The molecule has 0 atom stereocenters. The highest BCUT2D eigenvalue weighted by Gasteiger charge is 2.02. The van der Waals surface area contributed by atoms with Crippen molar-refractivity contribution in [2.45, 2.75) is 26.2 Å². The van der Waals surface area contributed by atoms with Gasteiger partial charge in [0.2, 0.25) is 0 Å². The van der Waals surface area contributed by atoms with Gasteiger partial charge in [-0.25, -0.2) is 4.98 Å². The molecule has 18 heavy (non-hydrogen) atoms. The van der Waals surface area contributed by atoms with Crippen LogP contribution in [-0.4, -0.2) is 27.7 Å². The summed E-state index contributed by atoms with van der Waals surface area (Å²) in [6.45, 7) is 2.75. The third kappa shape index (κ3) is 5.22. The van der Waals surface area contributed by atoms with Crippen LogP contribution < -0.4 is 5.32 Å². The SMILES string of the molecule is CSC(=C[N+](=O)[O-])NCCCCc1nc[nH]c1C. The Morgan fingerprint density at radius 2 is 2.44 bits per heavy atom. The lowest BCUT2D eigenvalue weighted by Gasteiger charge is -2.05. The number of thioether (sulfide) groups is 1. The van der Waals surface area contributed by atoms with E-state index in [-0.39, 0.29) is 0 Å². The van der Waals surface area contributed by atoms with Gasteiger partial charge in [0.05, 0.1) is 16.9 Å². The number of hydrogen-bond donors (Lipinski definition) is 2. The van der Waals surface area contributed by atoms with Crippen LogP contribution in [0.1, 0.15) is 24.2 Å². The van der Waals surface area contributed by atoms with Crippen molar-refractivity contribution in [3.05, 3.63) is 39.1 Å². The topological polar surface area (TPSA) is 83.8 Å². The maximum absolute atomic E-state index is 10.3. The van der Waals surface area contributed by atoms with Gasteiger partial charge in [0.15, 0.2) is 0 Å². The van der Waals surface area contributed by atoms with E-state index in [9.17, 15) is 10.1 Å². The van der Waals surface area contributed by atoms with E-state index in [2.05, 4.69) is 15.3 Å².